The molecule has 0 heterocycles. The van der Waals surface area contributed by atoms with E-state index in [1.807, 2.05) is 30.3 Å². The van der Waals surface area contributed by atoms with Gasteiger partial charge in [-0.25, -0.2) is 9.59 Å². The lowest BCUT2D eigenvalue weighted by Gasteiger charge is -2.28. The molecule has 0 saturated heterocycles. The zero-order valence-corrected chi connectivity index (χ0v) is 22.6. The normalized spacial score (nSPS) is 21.0. The maximum atomic E-state index is 13.3. The minimum atomic E-state index is -0.954. The summed E-state index contributed by atoms with van der Waals surface area (Å²) < 4.78 is 10.1. The third-order valence-corrected chi connectivity index (χ3v) is 6.24. The molecule has 37 heavy (non-hydrogen) atoms. The minimum Gasteiger partial charge on any atom is -0.467 e. The summed E-state index contributed by atoms with van der Waals surface area (Å²) >= 11 is 0. The molecule has 206 valence electrons. The van der Waals surface area contributed by atoms with Crippen molar-refractivity contribution < 1.29 is 33.8 Å². The largest absolute Gasteiger partial charge is 0.467 e. The van der Waals surface area contributed by atoms with E-state index in [4.69, 9.17) is 9.47 Å². The van der Waals surface area contributed by atoms with Crippen molar-refractivity contribution >= 4 is 23.9 Å². The van der Waals surface area contributed by atoms with Crippen molar-refractivity contribution in [3.63, 3.8) is 0 Å². The Balaban J connectivity index is 2.11. The number of carbonyl (C=O) groups excluding carboxylic acids is 4. The van der Waals surface area contributed by atoms with Crippen LogP contribution >= 0.6 is 0 Å². The average molecular weight is 520 g/mol. The van der Waals surface area contributed by atoms with Crippen LogP contribution in [0.3, 0.4) is 0 Å². The highest BCUT2D eigenvalue weighted by Gasteiger charge is 2.39. The Hall–Kier alpha value is -3.14. The van der Waals surface area contributed by atoms with Crippen molar-refractivity contribution in [2.75, 3.05) is 7.11 Å². The van der Waals surface area contributed by atoms with Gasteiger partial charge in [-0.3, -0.25) is 9.59 Å². The van der Waals surface area contributed by atoms with E-state index in [0.717, 1.165) is 5.56 Å². The molecule has 10 nitrogen and oxygen atoms in total. The number of benzene rings is 1. The second-order valence-corrected chi connectivity index (χ2v) is 10.8. The van der Waals surface area contributed by atoms with Crippen LogP contribution < -0.4 is 16.0 Å². The Morgan fingerprint density at radius 3 is 2.27 bits per heavy atom. The molecule has 1 aromatic carbocycles. The fourth-order valence-corrected chi connectivity index (χ4v) is 4.37. The Labute approximate surface area is 218 Å². The van der Waals surface area contributed by atoms with Crippen LogP contribution in [0.5, 0.6) is 0 Å². The third kappa shape index (κ3) is 9.68. The molecule has 10 heteroatoms. The van der Waals surface area contributed by atoms with Gasteiger partial charge in [0.25, 0.3) is 0 Å². The lowest BCUT2D eigenvalue weighted by molar-refractivity contribution is -0.146. The van der Waals surface area contributed by atoms with Crippen LogP contribution in [0.1, 0.15) is 59.4 Å². The number of carbonyl (C=O) groups is 4. The number of aliphatic hydroxyl groups excluding tert-OH is 1. The molecule has 4 N–H and O–H groups in total. The van der Waals surface area contributed by atoms with Gasteiger partial charge in [-0.05, 0) is 51.0 Å². The number of aliphatic hydroxyl groups is 1. The lowest BCUT2D eigenvalue weighted by atomic mass is 9.96. The number of nitrogens with one attached hydrogen (secondary N) is 3. The Bertz CT molecular complexity index is 930. The molecule has 1 aromatic rings. The van der Waals surface area contributed by atoms with Crippen molar-refractivity contribution in [1.82, 2.24) is 16.0 Å². The maximum absolute atomic E-state index is 13.3. The number of rotatable bonds is 10. The van der Waals surface area contributed by atoms with Crippen molar-refractivity contribution in [3.8, 4) is 0 Å². The van der Waals surface area contributed by atoms with Crippen molar-refractivity contribution in [2.45, 2.75) is 90.1 Å². The van der Waals surface area contributed by atoms with Crippen LogP contribution in [-0.4, -0.2) is 65.9 Å². The summed E-state index contributed by atoms with van der Waals surface area (Å²) in [6, 6.07) is 6.80. The Morgan fingerprint density at radius 2 is 1.70 bits per heavy atom. The van der Waals surface area contributed by atoms with Crippen LogP contribution in [0.4, 0.5) is 4.79 Å². The molecule has 1 saturated carbocycles. The van der Waals surface area contributed by atoms with Gasteiger partial charge < -0.3 is 30.5 Å². The van der Waals surface area contributed by atoms with Gasteiger partial charge in [0.2, 0.25) is 11.8 Å². The van der Waals surface area contributed by atoms with E-state index in [9.17, 15) is 24.3 Å². The first kappa shape index (κ1) is 30.1. The first-order valence-corrected chi connectivity index (χ1v) is 12.7. The van der Waals surface area contributed by atoms with E-state index in [2.05, 4.69) is 16.0 Å². The Kier molecular flexibility index (Phi) is 10.9. The fourth-order valence-electron chi connectivity index (χ4n) is 4.37. The highest BCUT2D eigenvalue weighted by Crippen LogP contribution is 2.29. The van der Waals surface area contributed by atoms with Crippen LogP contribution in [0.15, 0.2) is 30.3 Å². The number of hydrogen-bond donors (Lipinski definition) is 4. The molecule has 3 amide bonds. The van der Waals surface area contributed by atoms with Gasteiger partial charge in [0.05, 0.1) is 19.3 Å². The van der Waals surface area contributed by atoms with E-state index < -0.39 is 47.8 Å². The number of ether oxygens (including phenoxy) is 2. The molecule has 0 bridgehead atoms. The van der Waals surface area contributed by atoms with Crippen LogP contribution in [0, 0.1) is 11.8 Å². The Morgan fingerprint density at radius 1 is 1.05 bits per heavy atom. The fraction of sp³-hybridized carbons (Fsp3) is 0.630. The van der Waals surface area contributed by atoms with Gasteiger partial charge in [-0.15, -0.1) is 0 Å². The molecule has 0 aromatic heterocycles. The molecule has 2 rings (SSSR count). The van der Waals surface area contributed by atoms with Gasteiger partial charge in [0, 0.05) is 12.8 Å². The zero-order chi connectivity index (χ0) is 27.8. The third-order valence-electron chi connectivity index (χ3n) is 6.24. The van der Waals surface area contributed by atoms with E-state index in [0.29, 0.717) is 12.8 Å². The predicted octanol–water partition coefficient (Wildman–Crippen LogP) is 2.08. The second kappa shape index (κ2) is 13.4. The molecule has 0 radical (unpaired) electrons. The number of alkyl carbamates (subject to hydrolysis) is 1. The molecule has 0 unspecified atom stereocenters. The van der Waals surface area contributed by atoms with Crippen molar-refractivity contribution in [1.29, 1.82) is 0 Å². The SMILES string of the molecule is COC(=O)[C@@H](NC(=O)C[C@H]1CC[C@H](O)[C@H]1NC(=O)[C@H](Cc1ccccc1)NC(=O)OC(C)(C)C)C(C)C. The molecule has 0 aliphatic heterocycles. The summed E-state index contributed by atoms with van der Waals surface area (Å²) in [5, 5.41) is 18.8. The summed E-state index contributed by atoms with van der Waals surface area (Å²) in [6.07, 6.45) is -0.403. The molecule has 1 fully saturated rings. The molecular formula is C27H41N3O7. The quantitative estimate of drug-likeness (QED) is 0.347. The van der Waals surface area contributed by atoms with Crippen molar-refractivity contribution in [2.24, 2.45) is 11.8 Å². The van der Waals surface area contributed by atoms with Crippen LogP contribution in [0.2, 0.25) is 0 Å². The van der Waals surface area contributed by atoms with Gasteiger partial charge in [0.15, 0.2) is 0 Å². The molecule has 1 aliphatic carbocycles. The summed E-state index contributed by atoms with van der Waals surface area (Å²) in [6.45, 7) is 8.79. The smallest absolute Gasteiger partial charge is 0.408 e. The lowest BCUT2D eigenvalue weighted by Crippen LogP contribution is -2.54. The first-order chi connectivity index (χ1) is 17.3. The topological polar surface area (TPSA) is 143 Å². The van der Waals surface area contributed by atoms with Crippen LogP contribution in [0.25, 0.3) is 0 Å². The van der Waals surface area contributed by atoms with Gasteiger partial charge in [-0.1, -0.05) is 44.2 Å². The summed E-state index contributed by atoms with van der Waals surface area (Å²) in [7, 11) is 1.26. The molecule has 1 aliphatic rings. The number of hydrogen-bond acceptors (Lipinski definition) is 7. The summed E-state index contributed by atoms with van der Waals surface area (Å²) in [4.78, 5) is 50.5. The van der Waals surface area contributed by atoms with Crippen molar-refractivity contribution in [3.05, 3.63) is 35.9 Å². The second-order valence-electron chi connectivity index (χ2n) is 10.8. The first-order valence-electron chi connectivity index (χ1n) is 12.7. The summed E-state index contributed by atoms with van der Waals surface area (Å²) in [5.41, 5.74) is 0.0971. The molecule has 5 atom stereocenters. The highest BCUT2D eigenvalue weighted by molar-refractivity contribution is 5.87. The molecule has 0 spiro atoms. The van der Waals surface area contributed by atoms with Gasteiger partial charge in [-0.2, -0.15) is 0 Å². The maximum Gasteiger partial charge on any atom is 0.408 e. The summed E-state index contributed by atoms with van der Waals surface area (Å²) in [5.74, 6) is -1.89. The molecular weight excluding hydrogens is 478 g/mol. The standard InChI is InChI=1S/C27H41N3O7/c1-16(2)22(25(34)36-6)29-21(32)15-18-12-13-20(31)23(18)30-24(33)19(14-17-10-8-7-9-11-17)28-26(35)37-27(3,4)5/h7-11,16,18-20,22-23,31H,12-15H2,1-6H3,(H,28,35)(H,29,32)(H,30,33)/t18-,19+,20+,22+,23+/m1/s1. The van der Waals surface area contributed by atoms with E-state index in [1.54, 1.807) is 34.6 Å². The number of methoxy groups -OCH3 is 1. The van der Waals surface area contributed by atoms with Gasteiger partial charge >= 0.3 is 12.1 Å². The van der Waals surface area contributed by atoms with E-state index >= 15 is 0 Å². The predicted molar refractivity (Wildman–Crippen MR) is 137 cm³/mol. The zero-order valence-electron chi connectivity index (χ0n) is 22.6. The van der Waals surface area contributed by atoms with Gasteiger partial charge in [0.1, 0.15) is 17.7 Å². The van der Waals surface area contributed by atoms with E-state index in [-0.39, 0.29) is 30.6 Å². The highest BCUT2D eigenvalue weighted by atomic mass is 16.6. The van der Waals surface area contributed by atoms with Crippen LogP contribution in [-0.2, 0) is 30.3 Å². The minimum absolute atomic E-state index is 0.0189. The number of esters is 1. The number of amides is 3. The van der Waals surface area contributed by atoms with E-state index in [1.165, 1.54) is 7.11 Å². The monoisotopic (exact) mass is 519 g/mol. The average Bonchev–Trinajstić information content (AvgIpc) is 3.14.